The van der Waals surface area contributed by atoms with Crippen molar-refractivity contribution in [2.75, 3.05) is 0 Å². The van der Waals surface area contributed by atoms with Gasteiger partial charge in [0.15, 0.2) is 5.69 Å². The second kappa shape index (κ2) is 5.88. The number of carboxylic acid groups (broad SMARTS) is 1. The predicted octanol–water partition coefficient (Wildman–Crippen LogP) is 1.52. The first-order valence-corrected chi connectivity index (χ1v) is 7.39. The molecule has 0 aromatic carbocycles. The van der Waals surface area contributed by atoms with Crippen molar-refractivity contribution in [3.8, 4) is 0 Å². The first-order chi connectivity index (χ1) is 9.40. The van der Waals surface area contributed by atoms with Crippen LogP contribution in [0.25, 0.3) is 0 Å². The third kappa shape index (κ3) is 2.99. The molecule has 2 rings (SSSR count). The molecule has 0 radical (unpaired) electrons. The number of amides is 1. The van der Waals surface area contributed by atoms with Crippen molar-refractivity contribution in [2.45, 2.75) is 39.5 Å². The van der Waals surface area contributed by atoms with Crippen molar-refractivity contribution in [3.05, 3.63) is 16.1 Å². The number of nitrogens with one attached hydrogen (secondary N) is 1. The van der Waals surface area contributed by atoms with E-state index in [9.17, 15) is 9.59 Å². The zero-order valence-corrected chi connectivity index (χ0v) is 12.4. The van der Waals surface area contributed by atoms with E-state index in [1.54, 1.807) is 0 Å². The van der Waals surface area contributed by atoms with Crippen LogP contribution in [-0.2, 0) is 16.1 Å². The maximum atomic E-state index is 12.2. The molecule has 1 aromatic heterocycles. The van der Waals surface area contributed by atoms with E-state index < -0.39 is 5.97 Å². The van der Waals surface area contributed by atoms with Crippen molar-refractivity contribution >= 4 is 23.2 Å². The first kappa shape index (κ1) is 14.9. The molecule has 1 saturated heterocycles. The Bertz CT molecular complexity index is 516. The Morgan fingerprint density at radius 1 is 1.40 bits per heavy atom. The number of rotatable bonds is 4. The summed E-state index contributed by atoms with van der Waals surface area (Å²) in [6, 6.07) is 0. The van der Waals surface area contributed by atoms with Gasteiger partial charge in [0.1, 0.15) is 5.01 Å². The van der Waals surface area contributed by atoms with E-state index in [0.29, 0.717) is 5.01 Å². The highest BCUT2D eigenvalue weighted by Gasteiger charge is 2.41. The molecule has 20 heavy (non-hydrogen) atoms. The van der Waals surface area contributed by atoms with Crippen LogP contribution >= 0.6 is 11.3 Å². The zero-order chi connectivity index (χ0) is 14.9. The van der Waals surface area contributed by atoms with Gasteiger partial charge in [0, 0.05) is 5.38 Å². The largest absolute Gasteiger partial charge is 0.476 e. The predicted molar refractivity (Wildman–Crippen MR) is 73.6 cm³/mol. The Labute approximate surface area is 121 Å². The fraction of sp³-hybridized carbons (Fsp3) is 0.615. The van der Waals surface area contributed by atoms with E-state index in [4.69, 9.17) is 9.84 Å². The Hall–Kier alpha value is -1.47. The first-order valence-electron chi connectivity index (χ1n) is 6.51. The number of carbonyl (C=O) groups is 2. The molecule has 2 heterocycles. The highest BCUT2D eigenvalue weighted by atomic mass is 32.1. The number of nitrogens with zero attached hydrogens (tertiary/aromatic N) is 1. The number of aromatic nitrogens is 1. The lowest BCUT2D eigenvalue weighted by molar-refractivity contribution is -0.127. The van der Waals surface area contributed by atoms with Gasteiger partial charge in [-0.1, -0.05) is 6.92 Å². The fourth-order valence-electron chi connectivity index (χ4n) is 2.49. The van der Waals surface area contributed by atoms with Crippen LogP contribution in [0.15, 0.2) is 5.38 Å². The number of carboxylic acids is 1. The van der Waals surface area contributed by atoms with Gasteiger partial charge in [-0.25, -0.2) is 9.78 Å². The van der Waals surface area contributed by atoms with Crippen LogP contribution in [0.1, 0.15) is 36.3 Å². The highest BCUT2D eigenvalue weighted by Crippen LogP contribution is 2.32. The van der Waals surface area contributed by atoms with Crippen LogP contribution in [0.3, 0.4) is 0 Å². The molecular weight excluding hydrogens is 280 g/mol. The molecule has 1 aliphatic heterocycles. The molecule has 4 unspecified atom stereocenters. The maximum Gasteiger partial charge on any atom is 0.355 e. The van der Waals surface area contributed by atoms with Gasteiger partial charge < -0.3 is 15.2 Å². The Morgan fingerprint density at radius 2 is 2.10 bits per heavy atom. The van der Waals surface area contributed by atoms with Gasteiger partial charge >= 0.3 is 5.97 Å². The summed E-state index contributed by atoms with van der Waals surface area (Å²) < 4.78 is 5.64. The molecule has 0 spiro atoms. The summed E-state index contributed by atoms with van der Waals surface area (Å²) >= 11 is 1.23. The van der Waals surface area contributed by atoms with E-state index in [0.717, 1.165) is 0 Å². The van der Waals surface area contributed by atoms with Crippen molar-refractivity contribution in [3.63, 3.8) is 0 Å². The Balaban J connectivity index is 1.93. The zero-order valence-electron chi connectivity index (χ0n) is 11.6. The fourth-order valence-corrected chi connectivity index (χ4v) is 3.20. The number of hydrogen-bond donors (Lipinski definition) is 2. The number of aromatic carboxylic acids is 1. The normalized spacial score (nSPS) is 29.4. The van der Waals surface area contributed by atoms with E-state index >= 15 is 0 Å². The molecular formula is C13H18N2O4S. The smallest absolute Gasteiger partial charge is 0.355 e. The number of carbonyl (C=O) groups excluding carboxylic acids is 1. The van der Waals surface area contributed by atoms with Crippen molar-refractivity contribution in [2.24, 2.45) is 11.8 Å². The topological polar surface area (TPSA) is 88.5 Å². The van der Waals surface area contributed by atoms with Gasteiger partial charge in [0.05, 0.1) is 24.7 Å². The minimum absolute atomic E-state index is 0.0128. The minimum atomic E-state index is -1.06. The van der Waals surface area contributed by atoms with Gasteiger partial charge in [0.2, 0.25) is 5.91 Å². The number of ether oxygens (including phenoxy) is 1. The average Bonchev–Trinajstić information content (AvgIpc) is 2.93. The van der Waals surface area contributed by atoms with Crippen molar-refractivity contribution < 1.29 is 19.4 Å². The van der Waals surface area contributed by atoms with Crippen LogP contribution in [0.5, 0.6) is 0 Å². The summed E-state index contributed by atoms with van der Waals surface area (Å²) in [5.41, 5.74) is 0.0128. The molecule has 4 atom stereocenters. The van der Waals surface area contributed by atoms with Gasteiger partial charge in [-0.2, -0.15) is 0 Å². The summed E-state index contributed by atoms with van der Waals surface area (Å²) in [6.07, 6.45) is -0.0369. The average molecular weight is 298 g/mol. The van der Waals surface area contributed by atoms with Gasteiger partial charge in [-0.3, -0.25) is 4.79 Å². The van der Waals surface area contributed by atoms with E-state index in [1.807, 2.05) is 20.8 Å². The van der Waals surface area contributed by atoms with E-state index in [-0.39, 0.29) is 42.2 Å². The molecule has 1 aromatic rings. The highest BCUT2D eigenvalue weighted by molar-refractivity contribution is 7.09. The molecule has 2 N–H and O–H groups in total. The third-order valence-corrected chi connectivity index (χ3v) is 4.58. The van der Waals surface area contributed by atoms with Crippen LogP contribution < -0.4 is 5.32 Å². The quantitative estimate of drug-likeness (QED) is 0.879. The lowest BCUT2D eigenvalue weighted by Gasteiger charge is -2.17. The molecule has 0 saturated carbocycles. The summed E-state index contributed by atoms with van der Waals surface area (Å²) in [4.78, 5) is 26.9. The van der Waals surface area contributed by atoms with Crippen LogP contribution in [-0.4, -0.2) is 34.2 Å². The van der Waals surface area contributed by atoms with Gasteiger partial charge in [0.25, 0.3) is 0 Å². The summed E-state index contributed by atoms with van der Waals surface area (Å²) in [7, 11) is 0. The maximum absolute atomic E-state index is 12.2. The van der Waals surface area contributed by atoms with Crippen molar-refractivity contribution in [1.82, 2.24) is 10.3 Å². The second-order valence-electron chi connectivity index (χ2n) is 5.08. The van der Waals surface area contributed by atoms with Gasteiger partial charge in [-0.15, -0.1) is 11.3 Å². The molecule has 1 amide bonds. The SMILES string of the molecule is CC1OC(C)C(C(=O)NCc2nc(C(=O)O)cs2)C1C. The summed E-state index contributed by atoms with van der Waals surface area (Å²) in [5.74, 6) is -1.14. The molecule has 0 bridgehead atoms. The summed E-state index contributed by atoms with van der Waals surface area (Å²) in [5, 5.41) is 13.7. The van der Waals surface area contributed by atoms with Crippen LogP contribution in [0, 0.1) is 11.8 Å². The molecule has 6 nitrogen and oxygen atoms in total. The van der Waals surface area contributed by atoms with Crippen LogP contribution in [0.4, 0.5) is 0 Å². The third-order valence-electron chi connectivity index (χ3n) is 3.73. The molecule has 110 valence electrons. The standard InChI is InChI=1S/C13H18N2O4S/c1-6-7(2)19-8(3)11(6)12(16)14-4-10-15-9(5-20-10)13(17)18/h5-8,11H,4H2,1-3H3,(H,14,16)(H,17,18). The molecule has 1 fully saturated rings. The number of thiazole rings is 1. The number of hydrogen-bond acceptors (Lipinski definition) is 5. The Kier molecular flexibility index (Phi) is 4.39. The minimum Gasteiger partial charge on any atom is -0.476 e. The molecule has 0 aliphatic carbocycles. The molecule has 1 aliphatic rings. The monoisotopic (exact) mass is 298 g/mol. The van der Waals surface area contributed by atoms with E-state index in [1.165, 1.54) is 16.7 Å². The van der Waals surface area contributed by atoms with Gasteiger partial charge in [-0.05, 0) is 19.8 Å². The van der Waals surface area contributed by atoms with Crippen molar-refractivity contribution in [1.29, 1.82) is 0 Å². The lowest BCUT2D eigenvalue weighted by atomic mass is 9.89. The Morgan fingerprint density at radius 3 is 2.60 bits per heavy atom. The molecule has 7 heteroatoms. The van der Waals surface area contributed by atoms with Crippen LogP contribution in [0.2, 0.25) is 0 Å². The second-order valence-corrected chi connectivity index (χ2v) is 6.02. The summed E-state index contributed by atoms with van der Waals surface area (Å²) in [6.45, 7) is 6.12. The van der Waals surface area contributed by atoms with E-state index in [2.05, 4.69) is 10.3 Å². The lowest BCUT2D eigenvalue weighted by Crippen LogP contribution is -2.36.